The van der Waals surface area contributed by atoms with Gasteiger partial charge in [0.1, 0.15) is 11.5 Å². The summed E-state index contributed by atoms with van der Waals surface area (Å²) < 4.78 is 37.7. The smallest absolute Gasteiger partial charge is 0.337 e. The standard InChI is InChI=1S/C31H33N5O4.C21H19NO5.C14H22N4O.C12H11NO4.C10H9NO3.C8H10O.2C4H6O3.C4H10O2/c1-34-15-17-36(18-16-34)20-27(37)35(2)24-12-10-23(11-13-24)32-29(21-7-5-4-6-8-21)28-25-14-9-22(31(39)40-3)19-26(25)33-30(28)38;1-4-27-19(14-8-6-5-7-9-14)18-16-11-10-15(21(25)26-3)12-17(16)22(13(2)23)20(18)24;1-16-7-9-18(10-8-16)11-14(19)17(2)13-5-3-12(15)4-6-13;1-7(14)13-10-5-9(12(16)17-2)4-3-8(10)6-11(13)15;1-14-10(13)7-3-2-6-5-9(12)11-8(6)4-7;1-2-9-8-6-4-3-5-7-8;2*1-3(5)7-4(2)6;1-3-5-6-4-2/h4-14,19,33,38H,15-18,20H2,1-3H3;5-12H,4H2,1-3H3;3-6H,7-11,15H2,1-2H3;3-5H,6H2,1-2H3;2-4H,5H2,1H3,(H,11,12);3-7H,2H2,1H3;2*1-2H3;3-4H2,1-2H3/b;19-18+;;;;;;;. The van der Waals surface area contributed by atoms with Crippen LogP contribution in [0.25, 0.3) is 22.2 Å². The van der Waals surface area contributed by atoms with E-state index in [4.69, 9.17) is 29.7 Å². The minimum Gasteiger partial charge on any atom is -0.494 e. The number of carbonyl (C=O) groups excluding carboxylic acids is 15. The number of likely N-dealkylation sites (N-methyl/N-ethyl adjacent to an activating group) is 4. The summed E-state index contributed by atoms with van der Waals surface area (Å²) in [4.78, 5) is 201. The first kappa shape index (κ1) is 117. The fourth-order valence-corrected chi connectivity index (χ4v) is 14.7. The summed E-state index contributed by atoms with van der Waals surface area (Å²) in [5.41, 5.74) is 17.4. The van der Waals surface area contributed by atoms with E-state index < -0.39 is 59.6 Å². The van der Waals surface area contributed by atoms with E-state index in [2.05, 4.69) is 72.7 Å². The molecule has 7 amide bonds. The number of benzene rings is 9. The molecule has 5 aliphatic rings. The maximum absolute atomic E-state index is 13.1. The van der Waals surface area contributed by atoms with Crippen molar-refractivity contribution >= 4 is 157 Å². The molecule has 38 heteroatoms. The predicted octanol–water partition coefficient (Wildman–Crippen LogP) is 12.9. The lowest BCUT2D eigenvalue weighted by molar-refractivity contribution is -0.287. The number of piperazine rings is 2. The molecule has 0 aliphatic carbocycles. The number of hydrogen-bond acceptors (Lipinski definition) is 32. The number of amides is 7. The van der Waals surface area contributed by atoms with Gasteiger partial charge in [-0.05, 0) is 162 Å². The Kier molecular flexibility index (Phi) is 47.1. The van der Waals surface area contributed by atoms with Crippen molar-refractivity contribution in [3.8, 4) is 11.6 Å². The van der Waals surface area contributed by atoms with Gasteiger partial charge in [-0.25, -0.2) is 38.8 Å². The Morgan fingerprint density at radius 1 is 0.445 bits per heavy atom. The topological polar surface area (TPSA) is 461 Å². The van der Waals surface area contributed by atoms with E-state index in [9.17, 15) is 77.0 Å². The van der Waals surface area contributed by atoms with Crippen molar-refractivity contribution in [1.82, 2.24) is 24.6 Å². The molecule has 1 aromatic heterocycles. The highest BCUT2D eigenvalue weighted by atomic mass is 17.2. The normalized spacial score (nSPS) is 13.5. The van der Waals surface area contributed by atoms with Gasteiger partial charge in [0.25, 0.3) is 5.91 Å². The minimum atomic E-state index is -0.562. The van der Waals surface area contributed by atoms with Crippen molar-refractivity contribution < 1.29 is 125 Å². The number of hydrogen-bond donors (Lipinski definition) is 4. The second kappa shape index (κ2) is 59.0. The lowest BCUT2D eigenvalue weighted by Crippen LogP contribution is -2.48. The molecule has 5 N–H and O–H groups in total. The number of aromatic amines is 1. The Morgan fingerprint density at radius 3 is 1.31 bits per heavy atom. The average Bonchev–Trinajstić information content (AvgIpc) is 1.59. The van der Waals surface area contributed by atoms with Crippen LogP contribution in [0.5, 0.6) is 11.6 Å². The number of nitrogen functional groups attached to an aromatic ring is 1. The SMILES string of the molecule is CC(=O)OC(C)=O.CC(=O)OC(C)=O.CCO/C(=C1/C(=O)N(C(C)=O)c2cc(C(=O)OC)ccc21)c1ccccc1.CCOOCC.CCOc1ccccc1.CN1CCN(CC(=O)N(C)c2ccc(N)cc2)CC1.COC(=O)c1ccc2c(C(=Nc3ccc(N(C)C(=O)CN4CCN(C)CC4)cc3)c3ccccc3)c(O)[nH]c2c1.COC(=O)c1ccc2c(c1)N(C(C)=O)C(=O)C2.COC(=O)c1ccc2c(c1)NC(=O)C2. The summed E-state index contributed by atoms with van der Waals surface area (Å²) in [6, 6.07) is 63.1. The van der Waals surface area contributed by atoms with E-state index in [0.29, 0.717) is 118 Å². The lowest BCUT2D eigenvalue weighted by atomic mass is 10.00. The van der Waals surface area contributed by atoms with Crippen molar-refractivity contribution in [1.29, 1.82) is 0 Å². The van der Waals surface area contributed by atoms with Crippen LogP contribution >= 0.6 is 0 Å². The number of nitrogens with two attached hydrogens (primary N) is 1. The molecule has 2 saturated heterocycles. The summed E-state index contributed by atoms with van der Waals surface area (Å²) in [6.45, 7) is 25.8. The fraction of sp³-hybridized carbons (Fsp3) is 0.315. The Bertz CT molecular complexity index is 6200. The van der Waals surface area contributed by atoms with Crippen molar-refractivity contribution in [2.75, 3.05) is 179 Å². The molecule has 0 atom stereocenters. The monoisotopic (exact) mass is 2010 g/mol. The van der Waals surface area contributed by atoms with Crippen LogP contribution in [0, 0.1) is 0 Å². The van der Waals surface area contributed by atoms with Gasteiger partial charge < -0.3 is 78.6 Å². The number of anilines is 6. The number of para-hydroxylation sites is 1. The van der Waals surface area contributed by atoms with Gasteiger partial charge in [0.2, 0.25) is 35.4 Å². The molecule has 0 bridgehead atoms. The Morgan fingerprint density at radius 2 is 0.870 bits per heavy atom. The molecule has 146 heavy (non-hydrogen) atoms. The maximum Gasteiger partial charge on any atom is 0.337 e. The molecule has 10 aromatic rings. The third kappa shape index (κ3) is 35.4. The molecular formula is C108H126N12O26. The Labute approximate surface area is 847 Å². The zero-order valence-electron chi connectivity index (χ0n) is 85.3. The molecule has 0 spiro atoms. The number of aromatic nitrogens is 1. The van der Waals surface area contributed by atoms with Crippen LogP contribution in [-0.4, -0.2) is 273 Å². The molecule has 9 aromatic carbocycles. The highest BCUT2D eigenvalue weighted by molar-refractivity contribution is 6.43. The van der Waals surface area contributed by atoms with Gasteiger partial charge in [0.15, 0.2) is 5.88 Å². The van der Waals surface area contributed by atoms with Crippen molar-refractivity contribution in [2.45, 2.75) is 82.1 Å². The van der Waals surface area contributed by atoms with Crippen LogP contribution in [0.15, 0.2) is 217 Å². The highest BCUT2D eigenvalue weighted by Crippen LogP contribution is 2.43. The van der Waals surface area contributed by atoms with Gasteiger partial charge in [-0.15, -0.1) is 0 Å². The van der Waals surface area contributed by atoms with Gasteiger partial charge in [-0.3, -0.25) is 67.4 Å². The van der Waals surface area contributed by atoms with Crippen LogP contribution in [-0.2, 0) is 109 Å². The van der Waals surface area contributed by atoms with Gasteiger partial charge in [-0.2, -0.15) is 0 Å². The molecule has 0 unspecified atom stereocenters. The number of nitrogens with zero attached hydrogens (tertiary/aromatic N) is 9. The van der Waals surface area contributed by atoms with E-state index in [0.717, 1.165) is 114 Å². The third-order valence-electron chi connectivity index (χ3n) is 21.9. The van der Waals surface area contributed by atoms with Crippen LogP contribution < -0.4 is 35.4 Å². The van der Waals surface area contributed by atoms with Crippen molar-refractivity contribution in [3.05, 3.63) is 268 Å². The number of aliphatic imine (C=N–C) groups is 1. The number of imide groups is 2. The number of aromatic hydroxyl groups is 1. The summed E-state index contributed by atoms with van der Waals surface area (Å²) in [5, 5.41) is 14.3. The summed E-state index contributed by atoms with van der Waals surface area (Å²) >= 11 is 0. The molecule has 15 rings (SSSR count). The first-order valence-electron chi connectivity index (χ1n) is 46.5. The molecular weight excluding hydrogens is 1880 g/mol. The van der Waals surface area contributed by atoms with E-state index in [1.54, 1.807) is 77.5 Å². The Balaban J connectivity index is 0.000000239. The average molecular weight is 2010 g/mol. The molecule has 0 radical (unpaired) electrons. The summed E-state index contributed by atoms with van der Waals surface area (Å²) in [6.07, 6.45) is 0.577. The quantitative estimate of drug-likeness (QED) is 0.00496. The number of nitrogens with one attached hydrogen (secondary N) is 2. The van der Waals surface area contributed by atoms with Crippen molar-refractivity contribution in [2.24, 2.45) is 4.99 Å². The van der Waals surface area contributed by atoms with Crippen molar-refractivity contribution in [3.63, 3.8) is 0 Å². The number of H-pyrrole nitrogens is 1. The highest BCUT2D eigenvalue weighted by Gasteiger charge is 2.40. The number of fused-ring (bicyclic) bond motifs is 4. The molecule has 0 saturated carbocycles. The molecule has 6 heterocycles. The number of ether oxygens (including phenoxy) is 8. The molecule has 5 aliphatic heterocycles. The van der Waals surface area contributed by atoms with Crippen LogP contribution in [0.4, 0.5) is 39.8 Å². The number of rotatable bonds is 21. The predicted molar refractivity (Wildman–Crippen MR) is 551 cm³/mol. The Hall–Kier alpha value is -16.3. The zero-order valence-corrected chi connectivity index (χ0v) is 85.3. The second-order valence-corrected chi connectivity index (χ2v) is 32.6. The van der Waals surface area contributed by atoms with Crippen LogP contribution in [0.2, 0.25) is 0 Å². The lowest BCUT2D eigenvalue weighted by Gasteiger charge is -2.32. The number of esters is 8. The number of methoxy groups -OCH3 is 4. The molecule has 774 valence electrons. The van der Waals surface area contributed by atoms with E-state index >= 15 is 0 Å². The summed E-state index contributed by atoms with van der Waals surface area (Å²) in [5.74, 6) is -4.26. The second-order valence-electron chi connectivity index (χ2n) is 32.6. The minimum absolute atomic E-state index is 0.0398. The summed E-state index contributed by atoms with van der Waals surface area (Å²) in [7, 11) is 13.0. The number of carbonyl (C=O) groups is 15. The van der Waals surface area contributed by atoms with Crippen LogP contribution in [0.1, 0.15) is 144 Å². The van der Waals surface area contributed by atoms with E-state index in [1.165, 1.54) is 82.1 Å². The van der Waals surface area contributed by atoms with E-state index in [-0.39, 0.29) is 47.4 Å². The maximum atomic E-state index is 13.1. The van der Waals surface area contributed by atoms with Gasteiger partial charge in [-0.1, -0.05) is 103 Å². The van der Waals surface area contributed by atoms with Crippen LogP contribution in [0.3, 0.4) is 0 Å². The first-order chi connectivity index (χ1) is 69.7. The molecule has 38 nitrogen and oxygen atoms in total. The molecule has 2 fully saturated rings. The van der Waals surface area contributed by atoms with Gasteiger partial charge >= 0.3 is 47.8 Å². The first-order valence-corrected chi connectivity index (χ1v) is 46.5. The zero-order chi connectivity index (χ0) is 107. The van der Waals surface area contributed by atoms with Gasteiger partial charge in [0.05, 0.1) is 137 Å². The largest absolute Gasteiger partial charge is 0.494 e. The van der Waals surface area contributed by atoms with Gasteiger partial charge in [0, 0.05) is 158 Å². The fourth-order valence-electron chi connectivity index (χ4n) is 14.7. The third-order valence-corrected chi connectivity index (χ3v) is 21.9. The van der Waals surface area contributed by atoms with E-state index in [1.807, 2.05) is 174 Å².